The highest BCUT2D eigenvalue weighted by molar-refractivity contribution is 7.90. The normalized spacial score (nSPS) is 11.0. The molecule has 0 radical (unpaired) electrons. The maximum atomic E-state index is 11.6. The zero-order chi connectivity index (χ0) is 14.6. The lowest BCUT2D eigenvalue weighted by molar-refractivity contribution is 0.602. The molecule has 2 rings (SSSR count). The van der Waals surface area contributed by atoms with Gasteiger partial charge >= 0.3 is 0 Å². The first-order valence-electron chi connectivity index (χ1n) is 6.55. The van der Waals surface area contributed by atoms with E-state index in [2.05, 4.69) is 17.4 Å². The second-order valence-corrected chi connectivity index (χ2v) is 6.87. The molecule has 0 spiro atoms. The van der Waals surface area contributed by atoms with E-state index in [1.165, 1.54) is 11.8 Å². The Kier molecular flexibility index (Phi) is 6.40. The molecule has 0 aliphatic heterocycles. The number of hydrogen-bond acceptors (Lipinski definition) is 3. The minimum Gasteiger partial charge on any atom is -0.319 e. The standard InChI is InChI=1S/C16H19NO2S.ClH/c1-17-10-9-13-5-3-6-14(11-13)15-7-4-8-16(12-15)20(2,18)19;/h3-8,11-12,17H,9-10H2,1-2H3;1H. The Labute approximate surface area is 132 Å². The fourth-order valence-corrected chi connectivity index (χ4v) is 2.75. The molecule has 0 amide bonds. The molecule has 0 aromatic heterocycles. The second kappa shape index (κ2) is 7.59. The van der Waals surface area contributed by atoms with Gasteiger partial charge in [-0.15, -0.1) is 12.4 Å². The molecule has 2 aromatic carbocycles. The van der Waals surface area contributed by atoms with Crippen molar-refractivity contribution in [2.24, 2.45) is 0 Å². The van der Waals surface area contributed by atoms with Crippen LogP contribution < -0.4 is 5.32 Å². The third-order valence-electron chi connectivity index (χ3n) is 3.19. The van der Waals surface area contributed by atoms with Crippen molar-refractivity contribution in [2.75, 3.05) is 19.8 Å². The molecular formula is C16H20ClNO2S. The highest BCUT2D eigenvalue weighted by Gasteiger charge is 2.08. The average Bonchev–Trinajstić information content (AvgIpc) is 2.45. The predicted molar refractivity (Wildman–Crippen MR) is 89.9 cm³/mol. The summed E-state index contributed by atoms with van der Waals surface area (Å²) in [6.45, 7) is 0.923. The van der Waals surface area contributed by atoms with E-state index in [9.17, 15) is 8.42 Å². The van der Waals surface area contributed by atoms with Gasteiger partial charge in [-0.2, -0.15) is 0 Å². The van der Waals surface area contributed by atoms with Crippen LogP contribution in [0, 0.1) is 0 Å². The lowest BCUT2D eigenvalue weighted by atomic mass is 10.0. The number of benzene rings is 2. The van der Waals surface area contributed by atoms with Crippen molar-refractivity contribution in [1.29, 1.82) is 0 Å². The number of sulfone groups is 1. The Morgan fingerprint density at radius 3 is 2.24 bits per heavy atom. The van der Waals surface area contributed by atoms with Gasteiger partial charge in [0.15, 0.2) is 9.84 Å². The van der Waals surface area contributed by atoms with E-state index in [-0.39, 0.29) is 12.4 Å². The predicted octanol–water partition coefficient (Wildman–Crippen LogP) is 2.94. The summed E-state index contributed by atoms with van der Waals surface area (Å²) in [5.41, 5.74) is 3.21. The number of hydrogen-bond donors (Lipinski definition) is 1. The molecule has 0 heterocycles. The van der Waals surface area contributed by atoms with Crippen molar-refractivity contribution in [3.63, 3.8) is 0 Å². The molecule has 3 nitrogen and oxygen atoms in total. The summed E-state index contributed by atoms with van der Waals surface area (Å²) < 4.78 is 23.2. The Morgan fingerprint density at radius 2 is 1.62 bits per heavy atom. The first-order chi connectivity index (χ1) is 9.50. The molecule has 2 aromatic rings. The molecule has 1 N–H and O–H groups in total. The van der Waals surface area contributed by atoms with Crippen LogP contribution in [0.25, 0.3) is 11.1 Å². The van der Waals surface area contributed by atoms with Gasteiger partial charge in [0, 0.05) is 6.26 Å². The van der Waals surface area contributed by atoms with Crippen LogP contribution >= 0.6 is 12.4 Å². The van der Waals surface area contributed by atoms with Crippen molar-refractivity contribution in [3.05, 3.63) is 54.1 Å². The number of likely N-dealkylation sites (N-methyl/N-ethyl adjacent to an activating group) is 1. The topological polar surface area (TPSA) is 46.2 Å². The summed E-state index contributed by atoms with van der Waals surface area (Å²) in [7, 11) is -1.24. The van der Waals surface area contributed by atoms with Crippen LogP contribution in [0.3, 0.4) is 0 Å². The summed E-state index contributed by atoms with van der Waals surface area (Å²) in [6, 6.07) is 15.3. The second-order valence-electron chi connectivity index (χ2n) is 4.85. The van der Waals surface area contributed by atoms with Gasteiger partial charge in [-0.25, -0.2) is 8.42 Å². The fraction of sp³-hybridized carbons (Fsp3) is 0.250. The van der Waals surface area contributed by atoms with Crippen LogP contribution in [0.15, 0.2) is 53.4 Å². The van der Waals surface area contributed by atoms with Crippen LogP contribution in [-0.4, -0.2) is 28.3 Å². The summed E-state index contributed by atoms with van der Waals surface area (Å²) in [5.74, 6) is 0. The van der Waals surface area contributed by atoms with Crippen LogP contribution in [0.4, 0.5) is 0 Å². The van der Waals surface area contributed by atoms with E-state index in [1.807, 2.05) is 25.2 Å². The molecule has 5 heteroatoms. The van der Waals surface area contributed by atoms with Gasteiger partial charge in [-0.1, -0.05) is 36.4 Å². The number of halogens is 1. The highest BCUT2D eigenvalue weighted by atomic mass is 35.5. The lowest BCUT2D eigenvalue weighted by Gasteiger charge is -2.07. The SMILES string of the molecule is CNCCc1cccc(-c2cccc(S(C)(=O)=O)c2)c1.Cl. The molecule has 0 saturated heterocycles. The van der Waals surface area contributed by atoms with E-state index < -0.39 is 9.84 Å². The average molecular weight is 326 g/mol. The van der Waals surface area contributed by atoms with Crippen LogP contribution in [0.1, 0.15) is 5.56 Å². The highest BCUT2D eigenvalue weighted by Crippen LogP contribution is 2.23. The van der Waals surface area contributed by atoms with Gasteiger partial charge < -0.3 is 5.32 Å². The summed E-state index contributed by atoms with van der Waals surface area (Å²) in [5, 5.41) is 3.13. The minimum absolute atomic E-state index is 0. The largest absolute Gasteiger partial charge is 0.319 e. The first kappa shape index (κ1) is 17.7. The Morgan fingerprint density at radius 1 is 1.00 bits per heavy atom. The van der Waals surface area contributed by atoms with Crippen LogP contribution in [-0.2, 0) is 16.3 Å². The molecule has 0 aliphatic rings. The monoisotopic (exact) mass is 325 g/mol. The Balaban J connectivity index is 0.00000220. The number of nitrogens with one attached hydrogen (secondary N) is 1. The van der Waals surface area contributed by atoms with E-state index in [0.717, 1.165) is 24.1 Å². The molecule has 114 valence electrons. The molecular weight excluding hydrogens is 306 g/mol. The lowest BCUT2D eigenvalue weighted by Crippen LogP contribution is -2.10. The maximum Gasteiger partial charge on any atom is 0.175 e. The fourth-order valence-electron chi connectivity index (χ4n) is 2.08. The Hall–Kier alpha value is -1.36. The van der Waals surface area contributed by atoms with Gasteiger partial charge in [0.25, 0.3) is 0 Å². The van der Waals surface area contributed by atoms with Crippen LogP contribution in [0.5, 0.6) is 0 Å². The van der Waals surface area contributed by atoms with Crippen molar-refractivity contribution < 1.29 is 8.42 Å². The molecule has 0 saturated carbocycles. The summed E-state index contributed by atoms with van der Waals surface area (Å²) in [6.07, 6.45) is 2.19. The summed E-state index contributed by atoms with van der Waals surface area (Å²) >= 11 is 0. The third-order valence-corrected chi connectivity index (χ3v) is 4.30. The van der Waals surface area contributed by atoms with E-state index in [1.54, 1.807) is 18.2 Å². The molecule has 0 bridgehead atoms. The molecule has 0 aliphatic carbocycles. The number of rotatable bonds is 5. The van der Waals surface area contributed by atoms with Gasteiger partial charge in [0.05, 0.1) is 4.90 Å². The van der Waals surface area contributed by atoms with E-state index in [0.29, 0.717) is 4.90 Å². The smallest absolute Gasteiger partial charge is 0.175 e. The van der Waals surface area contributed by atoms with Crippen molar-refractivity contribution in [3.8, 4) is 11.1 Å². The molecule has 0 unspecified atom stereocenters. The maximum absolute atomic E-state index is 11.6. The van der Waals surface area contributed by atoms with Gasteiger partial charge in [0.1, 0.15) is 0 Å². The van der Waals surface area contributed by atoms with E-state index >= 15 is 0 Å². The van der Waals surface area contributed by atoms with Crippen molar-refractivity contribution in [2.45, 2.75) is 11.3 Å². The third kappa shape index (κ3) is 4.84. The minimum atomic E-state index is -3.17. The zero-order valence-corrected chi connectivity index (χ0v) is 13.8. The Bertz CT molecular complexity index is 699. The zero-order valence-electron chi connectivity index (χ0n) is 12.2. The van der Waals surface area contributed by atoms with Gasteiger partial charge in [-0.3, -0.25) is 0 Å². The molecule has 21 heavy (non-hydrogen) atoms. The first-order valence-corrected chi connectivity index (χ1v) is 8.44. The molecule has 0 atom stereocenters. The quantitative estimate of drug-likeness (QED) is 0.919. The van der Waals surface area contributed by atoms with Crippen LogP contribution in [0.2, 0.25) is 0 Å². The van der Waals surface area contributed by atoms with Crippen molar-refractivity contribution in [1.82, 2.24) is 5.32 Å². The summed E-state index contributed by atoms with van der Waals surface area (Å²) in [4.78, 5) is 0.357. The molecule has 0 fully saturated rings. The van der Waals surface area contributed by atoms with Crippen molar-refractivity contribution >= 4 is 22.2 Å². The van der Waals surface area contributed by atoms with Gasteiger partial charge in [0.2, 0.25) is 0 Å². The van der Waals surface area contributed by atoms with E-state index in [4.69, 9.17) is 0 Å². The van der Waals surface area contributed by atoms with Gasteiger partial charge in [-0.05, 0) is 48.8 Å².